The highest BCUT2D eigenvalue weighted by atomic mass is 32.2. The van der Waals surface area contributed by atoms with Crippen LogP contribution in [0.2, 0.25) is 0 Å². The summed E-state index contributed by atoms with van der Waals surface area (Å²) >= 11 is 0.889. The zero-order chi connectivity index (χ0) is 26.5. The molecule has 1 aromatic carbocycles. The highest BCUT2D eigenvalue weighted by Gasteiger charge is 2.31. The Morgan fingerprint density at radius 3 is 2.06 bits per heavy atom. The first kappa shape index (κ1) is 32.3. The Kier molecular flexibility index (Phi) is 14.7. The number of hydrogen-bond acceptors (Lipinski definition) is 5. The van der Waals surface area contributed by atoms with E-state index in [1.54, 1.807) is 19.9 Å². The summed E-state index contributed by atoms with van der Waals surface area (Å²) in [7, 11) is 1.00. The lowest BCUT2D eigenvalue weighted by atomic mass is 10.1. The molecule has 0 atom stereocenters. The van der Waals surface area contributed by atoms with Crippen LogP contribution in [0.15, 0.2) is 51.4 Å². The van der Waals surface area contributed by atoms with Gasteiger partial charge in [0, 0.05) is 30.2 Å². The first-order chi connectivity index (χ1) is 15.3. The second-order valence-corrected chi connectivity index (χ2v) is 7.25. The molecule has 0 aliphatic rings. The molecule has 0 fully saturated rings. The molecule has 1 amide bonds. The van der Waals surface area contributed by atoms with Gasteiger partial charge in [-0.15, -0.1) is 0 Å². The molecule has 33 heavy (non-hydrogen) atoms. The summed E-state index contributed by atoms with van der Waals surface area (Å²) in [6.07, 6.45) is -3.45. The molecule has 0 unspecified atom stereocenters. The number of alkyl halides is 3. The maximum Gasteiger partial charge on any atom is 0.412 e. The number of hydrogen-bond donors (Lipinski definition) is 1. The molecular weight excluding hydrogens is 460 g/mol. The average Bonchev–Trinajstić information content (AvgIpc) is 2.75. The van der Waals surface area contributed by atoms with Crippen LogP contribution in [0.25, 0.3) is 0 Å². The van der Waals surface area contributed by atoms with E-state index < -0.39 is 29.2 Å². The fourth-order valence-electron chi connectivity index (χ4n) is 2.17. The van der Waals surface area contributed by atoms with E-state index in [2.05, 4.69) is 6.58 Å². The van der Waals surface area contributed by atoms with Crippen LogP contribution in [0, 0.1) is 17.1 Å². The number of anilines is 1. The standard InChI is InChI=1S/C20H18F4N2O2S.C2H6.CH4O/c1-11(2)19(10-27)29-18-8-17(16(21)7-15(18)9-25)26(14(5)28)13(4)6-12(3)20(22,23)24;2*1-2/h6-8,10H,4H2,1-3,5H3;1-2H3;2H,1H3/b12-6+;;. The molecule has 0 aliphatic carbocycles. The first-order valence-corrected chi connectivity index (χ1v) is 10.4. The van der Waals surface area contributed by atoms with Gasteiger partial charge in [-0.1, -0.05) is 37.8 Å². The van der Waals surface area contributed by atoms with Crippen LogP contribution in [0.1, 0.15) is 47.1 Å². The van der Waals surface area contributed by atoms with Crippen molar-refractivity contribution in [1.82, 2.24) is 0 Å². The number of rotatable bonds is 6. The molecule has 0 bridgehead atoms. The fraction of sp³-hybridized carbons (Fsp3) is 0.348. The average molecular weight is 489 g/mol. The van der Waals surface area contributed by atoms with Crippen LogP contribution >= 0.6 is 11.8 Å². The Hall–Kier alpha value is -2.90. The molecule has 1 rings (SSSR count). The third kappa shape index (κ3) is 9.63. The molecule has 182 valence electrons. The summed E-state index contributed by atoms with van der Waals surface area (Å²) in [5.41, 5.74) is -1.24. The third-order valence-corrected chi connectivity index (χ3v) is 4.94. The molecule has 5 nitrogen and oxygen atoms in total. The molecule has 0 saturated heterocycles. The number of aliphatic hydroxyl groups is 1. The second-order valence-electron chi connectivity index (χ2n) is 6.17. The van der Waals surface area contributed by atoms with E-state index in [0.717, 1.165) is 44.9 Å². The molecule has 0 radical (unpaired) electrons. The molecule has 0 saturated carbocycles. The van der Waals surface area contributed by atoms with Crippen LogP contribution < -0.4 is 4.90 Å². The van der Waals surface area contributed by atoms with Crippen molar-refractivity contribution >= 4 is 29.6 Å². The fourth-order valence-corrected chi connectivity index (χ4v) is 3.05. The monoisotopic (exact) mass is 488 g/mol. The number of amides is 1. The molecule has 10 heteroatoms. The number of halogens is 4. The van der Waals surface area contributed by atoms with Gasteiger partial charge in [0.15, 0.2) is 6.29 Å². The van der Waals surface area contributed by atoms with Gasteiger partial charge in [-0.2, -0.15) is 18.4 Å². The largest absolute Gasteiger partial charge is 0.412 e. The van der Waals surface area contributed by atoms with Gasteiger partial charge >= 0.3 is 6.18 Å². The summed E-state index contributed by atoms with van der Waals surface area (Å²) < 4.78 is 53.1. The second kappa shape index (κ2) is 15.0. The molecule has 1 N–H and O–H groups in total. The van der Waals surface area contributed by atoms with Gasteiger partial charge in [0.05, 0.1) is 16.2 Å². The Morgan fingerprint density at radius 1 is 1.18 bits per heavy atom. The van der Waals surface area contributed by atoms with Gasteiger partial charge < -0.3 is 5.11 Å². The minimum Gasteiger partial charge on any atom is -0.400 e. The van der Waals surface area contributed by atoms with E-state index >= 15 is 0 Å². The Labute approximate surface area is 196 Å². The highest BCUT2D eigenvalue weighted by Crippen LogP contribution is 2.36. The van der Waals surface area contributed by atoms with Crippen molar-refractivity contribution in [1.29, 1.82) is 5.26 Å². The van der Waals surface area contributed by atoms with Gasteiger partial charge in [0.2, 0.25) is 5.91 Å². The summed E-state index contributed by atoms with van der Waals surface area (Å²) in [6.45, 7) is 12.6. The Bertz CT molecular complexity index is 958. The molecular formula is C23H28F4N2O3S. The summed E-state index contributed by atoms with van der Waals surface area (Å²) in [6, 6.07) is 3.78. The van der Waals surface area contributed by atoms with E-state index in [1.165, 1.54) is 0 Å². The highest BCUT2D eigenvalue weighted by molar-refractivity contribution is 8.04. The lowest BCUT2D eigenvalue weighted by Gasteiger charge is -2.24. The normalized spacial score (nSPS) is 10.5. The topological polar surface area (TPSA) is 81.4 Å². The predicted octanol–water partition coefficient (Wildman–Crippen LogP) is 6.29. The summed E-state index contributed by atoms with van der Waals surface area (Å²) in [5.74, 6) is -1.77. The van der Waals surface area contributed by atoms with Crippen molar-refractivity contribution < 1.29 is 32.3 Å². The van der Waals surface area contributed by atoms with Crippen LogP contribution in [0.4, 0.5) is 23.2 Å². The van der Waals surface area contributed by atoms with Crippen molar-refractivity contribution in [2.75, 3.05) is 12.0 Å². The number of aliphatic hydroxyl groups excluding tert-OH is 1. The minimum absolute atomic E-state index is 0.0898. The van der Waals surface area contributed by atoms with Crippen molar-refractivity contribution in [3.63, 3.8) is 0 Å². The molecule has 0 aliphatic heterocycles. The zero-order valence-corrected chi connectivity index (χ0v) is 20.4. The molecule has 0 heterocycles. The van der Waals surface area contributed by atoms with E-state index in [1.807, 2.05) is 13.8 Å². The number of allylic oxidation sites excluding steroid dienone is 4. The predicted molar refractivity (Wildman–Crippen MR) is 123 cm³/mol. The number of nitrogens with zero attached hydrogens (tertiary/aromatic N) is 2. The summed E-state index contributed by atoms with van der Waals surface area (Å²) in [4.78, 5) is 24.4. The molecule has 0 spiro atoms. The number of thioether (sulfide) groups is 1. The minimum atomic E-state index is -4.64. The van der Waals surface area contributed by atoms with Crippen LogP contribution in [0.3, 0.4) is 0 Å². The zero-order valence-electron chi connectivity index (χ0n) is 19.6. The lowest BCUT2D eigenvalue weighted by molar-refractivity contribution is -0.116. The molecule has 1 aromatic rings. The van der Waals surface area contributed by atoms with Crippen molar-refractivity contribution in [3.8, 4) is 6.07 Å². The van der Waals surface area contributed by atoms with Gasteiger partial charge in [-0.25, -0.2) is 4.39 Å². The lowest BCUT2D eigenvalue weighted by Crippen LogP contribution is -2.28. The van der Waals surface area contributed by atoms with E-state index in [-0.39, 0.29) is 21.1 Å². The third-order valence-electron chi connectivity index (χ3n) is 3.66. The van der Waals surface area contributed by atoms with Crippen molar-refractivity contribution in [3.05, 3.63) is 57.9 Å². The SMILES string of the molecule is C=C(/C=C(\C)C(F)(F)F)N(C(C)=O)c1cc(SC(C=O)=C(C)C)c(C#N)cc1F.CC.CO. The molecule has 0 aromatic heterocycles. The number of carbonyl (C=O) groups is 2. The van der Waals surface area contributed by atoms with Crippen LogP contribution in [0.5, 0.6) is 0 Å². The van der Waals surface area contributed by atoms with Crippen molar-refractivity contribution in [2.45, 2.75) is 52.6 Å². The van der Waals surface area contributed by atoms with E-state index in [9.17, 15) is 32.4 Å². The van der Waals surface area contributed by atoms with Gasteiger partial charge in [0.25, 0.3) is 0 Å². The van der Waals surface area contributed by atoms with Gasteiger partial charge in [-0.05, 0) is 39.0 Å². The smallest absolute Gasteiger partial charge is 0.400 e. The maximum absolute atomic E-state index is 14.6. The van der Waals surface area contributed by atoms with Gasteiger partial charge in [-0.3, -0.25) is 14.5 Å². The number of aldehydes is 1. The first-order valence-electron chi connectivity index (χ1n) is 9.57. The maximum atomic E-state index is 14.6. The van der Waals surface area contributed by atoms with Crippen LogP contribution in [-0.4, -0.2) is 30.6 Å². The van der Waals surface area contributed by atoms with Crippen LogP contribution in [-0.2, 0) is 9.59 Å². The van der Waals surface area contributed by atoms with Crippen molar-refractivity contribution in [2.24, 2.45) is 0 Å². The van der Waals surface area contributed by atoms with E-state index in [0.29, 0.717) is 22.8 Å². The number of nitriles is 1. The van der Waals surface area contributed by atoms with E-state index in [4.69, 9.17) is 5.11 Å². The number of benzene rings is 1. The quantitative estimate of drug-likeness (QED) is 0.167. The van der Waals surface area contributed by atoms with Gasteiger partial charge in [0.1, 0.15) is 11.9 Å². The Balaban J connectivity index is 0. The Morgan fingerprint density at radius 2 is 1.70 bits per heavy atom. The number of carbonyl (C=O) groups excluding carboxylic acids is 2. The summed E-state index contributed by atoms with van der Waals surface area (Å²) in [5, 5.41) is 16.3.